The van der Waals surface area contributed by atoms with Gasteiger partial charge in [0.2, 0.25) is 0 Å². The second kappa shape index (κ2) is 11.6. The Bertz CT molecular complexity index is 606. The van der Waals surface area contributed by atoms with Gasteiger partial charge in [-0.25, -0.2) is 0 Å². The van der Waals surface area contributed by atoms with Crippen molar-refractivity contribution >= 4 is 5.97 Å². The fourth-order valence-corrected chi connectivity index (χ4v) is 3.50. The average molecular weight is 405 g/mol. The highest BCUT2D eigenvalue weighted by molar-refractivity contribution is 5.73. The Morgan fingerprint density at radius 2 is 1.34 bits per heavy atom. The van der Waals surface area contributed by atoms with E-state index in [0.29, 0.717) is 12.4 Å². The van der Waals surface area contributed by atoms with Crippen LogP contribution >= 0.6 is 0 Å². The van der Waals surface area contributed by atoms with Crippen LogP contribution in [0.5, 0.6) is 5.75 Å². The summed E-state index contributed by atoms with van der Waals surface area (Å²) >= 11 is 0. The van der Waals surface area contributed by atoms with Gasteiger partial charge in [-0.15, -0.1) is 0 Å². The molecular weight excluding hydrogens is 360 g/mol. The third-order valence-electron chi connectivity index (χ3n) is 6.51. The predicted molar refractivity (Wildman–Crippen MR) is 123 cm³/mol. The number of benzene rings is 1. The van der Waals surface area contributed by atoms with Gasteiger partial charge < -0.3 is 9.84 Å². The lowest BCUT2D eigenvalue weighted by molar-refractivity contribution is -0.142. The van der Waals surface area contributed by atoms with Crippen LogP contribution in [-0.2, 0) is 26.8 Å². The summed E-state index contributed by atoms with van der Waals surface area (Å²) in [5.74, 6) is 0.206. The van der Waals surface area contributed by atoms with Crippen molar-refractivity contribution < 1.29 is 14.6 Å². The highest BCUT2D eigenvalue weighted by Gasteiger charge is 2.30. The number of esters is 1. The Morgan fingerprint density at radius 1 is 0.862 bits per heavy atom. The van der Waals surface area contributed by atoms with Gasteiger partial charge in [0.1, 0.15) is 5.75 Å². The van der Waals surface area contributed by atoms with Crippen molar-refractivity contribution in [3.63, 3.8) is 0 Å². The Balaban J connectivity index is 2.89. The molecule has 3 heteroatoms. The standard InChI is InChI=1S/C26H44O3/c1-8-11-12-13-14-15-16-29-23(27)19-20-17-21(25(4,5)9-2)24(28)22(18-20)26(6,7)10-3/h17-18,28H,8-16,19H2,1-7H3. The van der Waals surface area contributed by atoms with E-state index in [2.05, 4.69) is 48.5 Å². The first-order chi connectivity index (χ1) is 13.6. The Labute approximate surface area is 179 Å². The second-order valence-electron chi connectivity index (χ2n) is 9.68. The molecule has 166 valence electrons. The van der Waals surface area contributed by atoms with Crippen molar-refractivity contribution in [2.45, 2.75) is 117 Å². The largest absolute Gasteiger partial charge is 0.507 e. The topological polar surface area (TPSA) is 46.5 Å². The first-order valence-electron chi connectivity index (χ1n) is 11.6. The minimum absolute atomic E-state index is 0.152. The molecule has 1 aromatic carbocycles. The molecule has 0 radical (unpaired) electrons. The zero-order chi connectivity index (χ0) is 22.1. The van der Waals surface area contributed by atoms with E-state index in [1.54, 1.807) is 0 Å². The fourth-order valence-electron chi connectivity index (χ4n) is 3.50. The Hall–Kier alpha value is -1.51. The van der Waals surface area contributed by atoms with Crippen LogP contribution in [0.2, 0.25) is 0 Å². The van der Waals surface area contributed by atoms with Crippen molar-refractivity contribution in [3.8, 4) is 5.75 Å². The molecule has 0 unspecified atom stereocenters. The SMILES string of the molecule is CCCCCCCCOC(=O)Cc1cc(C(C)(C)CC)c(O)c(C(C)(C)CC)c1. The summed E-state index contributed by atoms with van der Waals surface area (Å²) in [6.45, 7) is 15.6. The molecule has 0 heterocycles. The van der Waals surface area contributed by atoms with E-state index in [4.69, 9.17) is 4.74 Å². The number of aromatic hydroxyl groups is 1. The second-order valence-corrected chi connectivity index (χ2v) is 9.68. The Kier molecular flexibility index (Phi) is 10.2. The lowest BCUT2D eigenvalue weighted by atomic mass is 9.74. The van der Waals surface area contributed by atoms with Crippen LogP contribution in [0.25, 0.3) is 0 Å². The minimum atomic E-state index is -0.176. The summed E-state index contributed by atoms with van der Waals surface area (Å²) in [5.41, 5.74) is 2.49. The van der Waals surface area contributed by atoms with Gasteiger partial charge in [-0.05, 0) is 35.7 Å². The van der Waals surface area contributed by atoms with Crippen molar-refractivity contribution in [3.05, 3.63) is 28.8 Å². The van der Waals surface area contributed by atoms with Gasteiger partial charge in [-0.3, -0.25) is 4.79 Å². The third kappa shape index (κ3) is 7.68. The minimum Gasteiger partial charge on any atom is -0.507 e. The number of phenolic OH excluding ortho intramolecular Hbond substituents is 1. The van der Waals surface area contributed by atoms with E-state index in [-0.39, 0.29) is 23.2 Å². The summed E-state index contributed by atoms with van der Waals surface area (Å²) in [5, 5.41) is 11.0. The van der Waals surface area contributed by atoms with E-state index in [0.717, 1.165) is 42.4 Å². The van der Waals surface area contributed by atoms with Crippen molar-refractivity contribution in [1.29, 1.82) is 0 Å². The number of unbranched alkanes of at least 4 members (excludes halogenated alkanes) is 5. The maximum absolute atomic E-state index is 12.4. The van der Waals surface area contributed by atoms with Crippen LogP contribution in [-0.4, -0.2) is 17.7 Å². The van der Waals surface area contributed by atoms with Gasteiger partial charge >= 0.3 is 5.97 Å². The average Bonchev–Trinajstić information content (AvgIpc) is 2.68. The van der Waals surface area contributed by atoms with Crippen LogP contribution < -0.4 is 0 Å². The molecule has 1 rings (SSSR count). The zero-order valence-corrected chi connectivity index (χ0v) is 20.0. The summed E-state index contributed by atoms with van der Waals surface area (Å²) < 4.78 is 5.48. The molecule has 0 saturated heterocycles. The van der Waals surface area contributed by atoms with Crippen LogP contribution in [0, 0.1) is 0 Å². The summed E-state index contributed by atoms with van der Waals surface area (Å²) in [4.78, 5) is 12.4. The number of phenols is 1. The van der Waals surface area contributed by atoms with Crippen LogP contribution in [0.1, 0.15) is 117 Å². The molecule has 0 amide bonds. The smallest absolute Gasteiger partial charge is 0.310 e. The van der Waals surface area contributed by atoms with Crippen molar-refractivity contribution in [2.24, 2.45) is 0 Å². The van der Waals surface area contributed by atoms with Gasteiger partial charge in [0.25, 0.3) is 0 Å². The zero-order valence-electron chi connectivity index (χ0n) is 20.0. The third-order valence-corrected chi connectivity index (χ3v) is 6.51. The van der Waals surface area contributed by atoms with Gasteiger partial charge in [0.15, 0.2) is 0 Å². The number of carbonyl (C=O) groups is 1. The molecule has 0 bridgehead atoms. The lowest BCUT2D eigenvalue weighted by Crippen LogP contribution is -2.22. The van der Waals surface area contributed by atoms with E-state index in [9.17, 15) is 9.90 Å². The normalized spacial score (nSPS) is 12.2. The number of hydrogen-bond acceptors (Lipinski definition) is 3. The monoisotopic (exact) mass is 404 g/mol. The maximum atomic E-state index is 12.4. The summed E-state index contributed by atoms with van der Waals surface area (Å²) in [6, 6.07) is 4.00. The molecule has 3 nitrogen and oxygen atoms in total. The molecule has 29 heavy (non-hydrogen) atoms. The lowest BCUT2D eigenvalue weighted by Gasteiger charge is -2.31. The first-order valence-corrected chi connectivity index (χ1v) is 11.6. The van der Waals surface area contributed by atoms with Gasteiger partial charge in [0.05, 0.1) is 13.0 Å². The van der Waals surface area contributed by atoms with Crippen molar-refractivity contribution in [1.82, 2.24) is 0 Å². The molecule has 0 aliphatic carbocycles. The number of rotatable bonds is 13. The number of ether oxygens (including phenoxy) is 1. The van der Waals surface area contributed by atoms with Crippen molar-refractivity contribution in [2.75, 3.05) is 6.61 Å². The highest BCUT2D eigenvalue weighted by Crippen LogP contribution is 2.42. The van der Waals surface area contributed by atoms with Crippen LogP contribution in [0.3, 0.4) is 0 Å². The molecule has 0 spiro atoms. The molecular formula is C26H44O3. The molecule has 0 atom stereocenters. The number of hydrogen-bond donors (Lipinski definition) is 1. The molecule has 0 aliphatic heterocycles. The maximum Gasteiger partial charge on any atom is 0.310 e. The molecule has 0 saturated carbocycles. The van der Waals surface area contributed by atoms with E-state index < -0.39 is 0 Å². The van der Waals surface area contributed by atoms with Gasteiger partial charge in [0, 0.05) is 11.1 Å². The molecule has 0 fully saturated rings. The Morgan fingerprint density at radius 3 is 1.83 bits per heavy atom. The summed E-state index contributed by atoms with van der Waals surface area (Å²) in [6.07, 6.45) is 9.16. The van der Waals surface area contributed by atoms with E-state index >= 15 is 0 Å². The highest BCUT2D eigenvalue weighted by atomic mass is 16.5. The van der Waals surface area contributed by atoms with Gasteiger partial charge in [-0.1, -0.05) is 92.7 Å². The quantitative estimate of drug-likeness (QED) is 0.279. The number of carbonyl (C=O) groups excluding carboxylic acids is 1. The fraction of sp³-hybridized carbons (Fsp3) is 0.731. The molecule has 0 aliphatic rings. The van der Waals surface area contributed by atoms with Gasteiger partial charge in [-0.2, -0.15) is 0 Å². The van der Waals surface area contributed by atoms with E-state index in [1.807, 2.05) is 12.1 Å². The van der Waals surface area contributed by atoms with Crippen LogP contribution in [0.15, 0.2) is 12.1 Å². The summed E-state index contributed by atoms with van der Waals surface area (Å²) in [7, 11) is 0. The van der Waals surface area contributed by atoms with E-state index in [1.165, 1.54) is 25.7 Å². The molecule has 1 aromatic rings. The first kappa shape index (κ1) is 25.5. The predicted octanol–water partition coefficient (Wildman–Crippen LogP) is 7.21. The molecule has 1 N–H and O–H groups in total. The van der Waals surface area contributed by atoms with Crippen LogP contribution in [0.4, 0.5) is 0 Å². The molecule has 0 aromatic heterocycles.